The van der Waals surface area contributed by atoms with Crippen molar-refractivity contribution in [2.45, 2.75) is 69.7 Å². The van der Waals surface area contributed by atoms with Crippen molar-refractivity contribution >= 4 is 17.9 Å². The molecule has 0 aromatic carbocycles. The molecule has 0 aromatic rings. The molecule has 0 aromatic heterocycles. The molecule has 0 bridgehead atoms. The first kappa shape index (κ1) is 18.5. The lowest BCUT2D eigenvalue weighted by Gasteiger charge is -2.36. The van der Waals surface area contributed by atoms with Crippen molar-refractivity contribution in [1.29, 1.82) is 0 Å². The molecule has 136 valence electrons. The summed E-state index contributed by atoms with van der Waals surface area (Å²) >= 11 is 0. The number of hydrogen-bond donors (Lipinski definition) is 4. The third-order valence-electron chi connectivity index (χ3n) is 5.05. The Morgan fingerprint density at radius 1 is 1.25 bits per heavy atom. The zero-order chi connectivity index (χ0) is 17.7. The monoisotopic (exact) mass is 341 g/mol. The largest absolute Gasteiger partial charge is 0.465 e. The van der Waals surface area contributed by atoms with Gasteiger partial charge in [0.1, 0.15) is 12.3 Å². The van der Waals surface area contributed by atoms with Crippen molar-refractivity contribution < 1.29 is 24.6 Å². The van der Waals surface area contributed by atoms with Crippen LogP contribution in [0.4, 0.5) is 4.79 Å². The molecule has 2 unspecified atom stereocenters. The van der Waals surface area contributed by atoms with Crippen LogP contribution in [-0.4, -0.2) is 58.4 Å². The van der Waals surface area contributed by atoms with Gasteiger partial charge in [-0.25, -0.2) is 4.79 Å². The van der Waals surface area contributed by atoms with Crippen molar-refractivity contribution in [3.8, 4) is 0 Å². The maximum Gasteiger partial charge on any atom is 0.405 e. The summed E-state index contributed by atoms with van der Waals surface area (Å²) in [5.74, 6) is -0.271. The minimum absolute atomic E-state index is 0.171. The number of likely N-dealkylation sites (tertiary alicyclic amines) is 1. The van der Waals surface area contributed by atoms with Crippen LogP contribution >= 0.6 is 0 Å². The molecule has 8 nitrogen and oxygen atoms in total. The van der Waals surface area contributed by atoms with Crippen LogP contribution < -0.4 is 10.6 Å². The number of hydrogen-bond acceptors (Lipinski definition) is 4. The number of amides is 3. The minimum atomic E-state index is -1.23. The van der Waals surface area contributed by atoms with Gasteiger partial charge in [-0.05, 0) is 18.8 Å². The topological polar surface area (TPSA) is 119 Å². The van der Waals surface area contributed by atoms with E-state index in [1.165, 1.54) is 18.4 Å². The summed E-state index contributed by atoms with van der Waals surface area (Å²) in [7, 11) is 1.49. The Balaban J connectivity index is 1.96. The molecule has 8 heteroatoms. The highest BCUT2D eigenvalue weighted by atomic mass is 16.4. The van der Waals surface area contributed by atoms with E-state index in [0.717, 1.165) is 25.7 Å². The molecule has 3 atom stereocenters. The number of carbonyl (C=O) groups excluding carboxylic acids is 2. The van der Waals surface area contributed by atoms with Crippen molar-refractivity contribution in [2.75, 3.05) is 7.05 Å². The molecule has 4 N–H and O–H groups in total. The van der Waals surface area contributed by atoms with Gasteiger partial charge in [0, 0.05) is 13.5 Å². The van der Waals surface area contributed by atoms with Crippen molar-refractivity contribution in [3.05, 3.63) is 0 Å². The maximum absolute atomic E-state index is 12.5. The first-order valence-corrected chi connectivity index (χ1v) is 8.62. The Hall–Kier alpha value is -1.83. The molecule has 3 amide bonds. The van der Waals surface area contributed by atoms with Crippen LogP contribution in [0.2, 0.25) is 0 Å². The predicted molar refractivity (Wildman–Crippen MR) is 86.1 cm³/mol. The van der Waals surface area contributed by atoms with Gasteiger partial charge in [0.15, 0.2) is 0 Å². The van der Waals surface area contributed by atoms with E-state index >= 15 is 0 Å². The Morgan fingerprint density at radius 2 is 1.92 bits per heavy atom. The molecule has 2 rings (SSSR count). The highest BCUT2D eigenvalue weighted by Gasteiger charge is 2.35. The summed E-state index contributed by atoms with van der Waals surface area (Å²) in [6.45, 7) is 0. The van der Waals surface area contributed by atoms with E-state index in [1.54, 1.807) is 0 Å². The van der Waals surface area contributed by atoms with E-state index in [-0.39, 0.29) is 12.3 Å². The summed E-state index contributed by atoms with van der Waals surface area (Å²) < 4.78 is 0. The number of likely N-dealkylation sites (N-methyl/N-ethyl adjacent to an activating group) is 1. The van der Waals surface area contributed by atoms with Gasteiger partial charge in [-0.15, -0.1) is 0 Å². The van der Waals surface area contributed by atoms with Gasteiger partial charge < -0.3 is 25.7 Å². The Kier molecular flexibility index (Phi) is 6.42. The Morgan fingerprint density at radius 3 is 2.54 bits per heavy atom. The third-order valence-corrected chi connectivity index (χ3v) is 5.05. The number of carboxylic acid groups (broad SMARTS) is 1. The molecule has 2 aliphatic rings. The number of piperidine rings is 1. The van der Waals surface area contributed by atoms with Crippen molar-refractivity contribution in [3.63, 3.8) is 0 Å². The van der Waals surface area contributed by atoms with Crippen LogP contribution in [0.1, 0.15) is 51.4 Å². The van der Waals surface area contributed by atoms with Crippen LogP contribution in [0, 0.1) is 5.92 Å². The molecule has 0 spiro atoms. The quantitative estimate of drug-likeness (QED) is 0.585. The minimum Gasteiger partial charge on any atom is -0.465 e. The van der Waals surface area contributed by atoms with Crippen LogP contribution in [0.3, 0.4) is 0 Å². The molecule has 2 fully saturated rings. The number of rotatable bonds is 5. The predicted octanol–water partition coefficient (Wildman–Crippen LogP) is 0.648. The first-order valence-electron chi connectivity index (χ1n) is 8.62. The zero-order valence-corrected chi connectivity index (χ0v) is 14.0. The smallest absolute Gasteiger partial charge is 0.405 e. The van der Waals surface area contributed by atoms with Gasteiger partial charge in [-0.3, -0.25) is 9.59 Å². The molecule has 1 heterocycles. The SMILES string of the molecule is CN1C(=O)CCC(NC(=O)[C@H](CC2CCCCC2)NC(=O)O)C1O. The molecule has 1 aliphatic heterocycles. The average Bonchev–Trinajstić information content (AvgIpc) is 2.55. The standard InChI is InChI=1S/C16H27N3O5/c1-19-13(20)8-7-11(15(19)22)17-14(21)12(18-16(23)24)9-10-5-3-2-4-6-10/h10-12,15,18,22H,2-9H2,1H3,(H,17,21)(H,23,24)/t11?,12-,15?/m0/s1. The van der Waals surface area contributed by atoms with Crippen molar-refractivity contribution in [1.82, 2.24) is 15.5 Å². The lowest BCUT2D eigenvalue weighted by atomic mass is 9.84. The Labute approximate surface area is 141 Å². The number of carbonyl (C=O) groups is 3. The van der Waals surface area contributed by atoms with E-state index in [1.807, 2.05) is 0 Å². The van der Waals surface area contributed by atoms with Gasteiger partial charge in [0.25, 0.3) is 0 Å². The van der Waals surface area contributed by atoms with E-state index in [4.69, 9.17) is 5.11 Å². The lowest BCUT2D eigenvalue weighted by molar-refractivity contribution is -0.148. The summed E-state index contributed by atoms with van der Waals surface area (Å²) in [4.78, 5) is 36.3. The third kappa shape index (κ3) is 4.83. The van der Waals surface area contributed by atoms with Gasteiger partial charge in [0.05, 0.1) is 6.04 Å². The van der Waals surface area contributed by atoms with Crippen molar-refractivity contribution in [2.24, 2.45) is 5.92 Å². The zero-order valence-electron chi connectivity index (χ0n) is 14.0. The fourth-order valence-corrected chi connectivity index (χ4v) is 3.59. The van der Waals surface area contributed by atoms with Gasteiger partial charge in [-0.2, -0.15) is 0 Å². The van der Waals surface area contributed by atoms with Crippen LogP contribution in [0.25, 0.3) is 0 Å². The molecule has 1 saturated carbocycles. The normalized spacial score (nSPS) is 26.8. The van der Waals surface area contributed by atoms with Gasteiger partial charge in [-0.1, -0.05) is 32.1 Å². The van der Waals surface area contributed by atoms with Crippen LogP contribution in [-0.2, 0) is 9.59 Å². The second kappa shape index (κ2) is 8.32. The van der Waals surface area contributed by atoms with E-state index in [0.29, 0.717) is 18.8 Å². The van der Waals surface area contributed by atoms with E-state index < -0.39 is 30.3 Å². The highest BCUT2D eigenvalue weighted by Crippen LogP contribution is 2.27. The maximum atomic E-state index is 12.5. The highest BCUT2D eigenvalue weighted by molar-refractivity contribution is 5.86. The Bertz CT molecular complexity index is 478. The fourth-order valence-electron chi connectivity index (χ4n) is 3.59. The summed E-state index contributed by atoms with van der Waals surface area (Å²) in [5.41, 5.74) is 0. The number of nitrogens with zero attached hydrogens (tertiary/aromatic N) is 1. The summed E-state index contributed by atoms with van der Waals surface area (Å²) in [5, 5.41) is 24.1. The molecular formula is C16H27N3O5. The van der Waals surface area contributed by atoms with Gasteiger partial charge >= 0.3 is 6.09 Å². The average molecular weight is 341 g/mol. The second-order valence-corrected chi connectivity index (χ2v) is 6.81. The molecule has 1 aliphatic carbocycles. The first-order chi connectivity index (χ1) is 11.4. The second-order valence-electron chi connectivity index (χ2n) is 6.81. The number of aliphatic hydroxyl groups excluding tert-OH is 1. The summed E-state index contributed by atoms with van der Waals surface area (Å²) in [6.07, 6.45) is 4.17. The molecule has 1 saturated heterocycles. The summed E-state index contributed by atoms with van der Waals surface area (Å²) in [6, 6.07) is -1.41. The lowest BCUT2D eigenvalue weighted by Crippen LogP contribution is -2.59. The van der Waals surface area contributed by atoms with Gasteiger partial charge in [0.2, 0.25) is 11.8 Å². The molecule has 0 radical (unpaired) electrons. The number of nitrogens with one attached hydrogen (secondary N) is 2. The van der Waals surface area contributed by atoms with Crippen LogP contribution in [0.15, 0.2) is 0 Å². The molecular weight excluding hydrogens is 314 g/mol. The molecule has 24 heavy (non-hydrogen) atoms. The van der Waals surface area contributed by atoms with Crippen LogP contribution in [0.5, 0.6) is 0 Å². The number of aliphatic hydroxyl groups is 1. The van der Waals surface area contributed by atoms with E-state index in [9.17, 15) is 19.5 Å². The van der Waals surface area contributed by atoms with E-state index in [2.05, 4.69) is 10.6 Å². The fraction of sp³-hybridized carbons (Fsp3) is 0.812.